The zero-order valence-electron chi connectivity index (χ0n) is 19.5. The number of rotatable bonds is 9. The molecule has 0 radical (unpaired) electrons. The maximum Gasteiger partial charge on any atom is 0.328 e. The number of para-hydroxylation sites is 1. The summed E-state index contributed by atoms with van der Waals surface area (Å²) in [6, 6.07) is 15.7. The first-order valence-corrected chi connectivity index (χ1v) is 10.8. The van der Waals surface area contributed by atoms with Crippen LogP contribution in [-0.2, 0) is 20.9 Å². The van der Waals surface area contributed by atoms with E-state index in [-0.39, 0.29) is 46.8 Å². The van der Waals surface area contributed by atoms with Crippen LogP contribution in [0.3, 0.4) is 0 Å². The van der Waals surface area contributed by atoms with E-state index in [2.05, 4.69) is 15.7 Å². The number of hydrogen-bond acceptors (Lipinski definition) is 7. The van der Waals surface area contributed by atoms with Crippen molar-refractivity contribution in [2.75, 3.05) is 11.9 Å². The highest BCUT2D eigenvalue weighted by molar-refractivity contribution is 6.04. The van der Waals surface area contributed by atoms with E-state index in [1.807, 2.05) is 37.3 Å². The van der Waals surface area contributed by atoms with Gasteiger partial charge in [-0.05, 0) is 38.5 Å². The number of anilines is 1. The first-order chi connectivity index (χ1) is 16.7. The van der Waals surface area contributed by atoms with Gasteiger partial charge in [0.05, 0.1) is 22.2 Å². The average molecular weight is 479 g/mol. The highest BCUT2D eigenvalue weighted by Gasteiger charge is 2.23. The van der Waals surface area contributed by atoms with Crippen LogP contribution in [-0.4, -0.2) is 39.1 Å². The van der Waals surface area contributed by atoms with Crippen molar-refractivity contribution < 1.29 is 24.0 Å². The zero-order chi connectivity index (χ0) is 25.5. The molecule has 182 valence electrons. The number of nitrogens with one attached hydrogen (secondary N) is 2. The molecule has 1 aromatic heterocycles. The number of hydrogen-bond donors (Lipinski definition) is 2. The van der Waals surface area contributed by atoms with Gasteiger partial charge in [0.1, 0.15) is 17.9 Å². The topological polar surface area (TPSA) is 145 Å². The number of carbonyl (C=O) groups excluding carboxylic acids is 3. The molecular weight excluding hydrogens is 454 g/mol. The summed E-state index contributed by atoms with van der Waals surface area (Å²) in [6.07, 6.45) is 0. The minimum Gasteiger partial charge on any atom is -0.454 e. The number of benzene rings is 2. The maximum absolute atomic E-state index is 12.8. The Hall–Kier alpha value is -4.54. The van der Waals surface area contributed by atoms with E-state index in [1.54, 1.807) is 24.3 Å². The molecule has 0 aliphatic heterocycles. The van der Waals surface area contributed by atoms with Crippen LogP contribution in [0.5, 0.6) is 0 Å². The lowest BCUT2D eigenvalue weighted by molar-refractivity contribution is -0.386. The largest absolute Gasteiger partial charge is 0.454 e. The van der Waals surface area contributed by atoms with Gasteiger partial charge in [-0.15, -0.1) is 0 Å². The fraction of sp³-hybridized carbons (Fsp3) is 0.250. The quantitative estimate of drug-likeness (QED) is 0.272. The smallest absolute Gasteiger partial charge is 0.328 e. The first kappa shape index (κ1) is 25.1. The number of nitro groups is 1. The average Bonchev–Trinajstić information content (AvgIpc) is 3.11. The molecule has 11 nitrogen and oxygen atoms in total. The molecule has 0 bridgehead atoms. The Balaban J connectivity index is 1.58. The number of aromatic nitrogens is 2. The second-order valence-electron chi connectivity index (χ2n) is 7.79. The summed E-state index contributed by atoms with van der Waals surface area (Å²) in [5.41, 5.74) is 1.66. The minimum absolute atomic E-state index is 0.174. The molecule has 2 amide bonds. The van der Waals surface area contributed by atoms with Gasteiger partial charge in [-0.1, -0.05) is 42.5 Å². The minimum atomic E-state index is -0.789. The molecule has 3 rings (SSSR count). The summed E-state index contributed by atoms with van der Waals surface area (Å²) in [5.74, 6) is -1.81. The molecule has 0 aliphatic rings. The lowest BCUT2D eigenvalue weighted by Gasteiger charge is -2.16. The normalized spacial score (nSPS) is 11.4. The van der Waals surface area contributed by atoms with E-state index in [1.165, 1.54) is 13.8 Å². The number of nitrogens with zero attached hydrogens (tertiary/aromatic N) is 3. The molecule has 1 unspecified atom stereocenters. The van der Waals surface area contributed by atoms with Crippen LogP contribution in [0, 0.1) is 24.0 Å². The van der Waals surface area contributed by atoms with Crippen LogP contribution < -0.4 is 10.6 Å². The van der Waals surface area contributed by atoms with E-state index in [4.69, 9.17) is 4.74 Å². The van der Waals surface area contributed by atoms with Crippen LogP contribution >= 0.6 is 0 Å². The third kappa shape index (κ3) is 6.28. The van der Waals surface area contributed by atoms with Gasteiger partial charge >= 0.3 is 11.7 Å². The van der Waals surface area contributed by atoms with Gasteiger partial charge in [-0.3, -0.25) is 29.2 Å². The second-order valence-corrected chi connectivity index (χ2v) is 7.79. The van der Waals surface area contributed by atoms with Gasteiger partial charge in [0.15, 0.2) is 6.61 Å². The van der Waals surface area contributed by atoms with Crippen molar-refractivity contribution in [3.8, 4) is 0 Å². The predicted molar refractivity (Wildman–Crippen MR) is 127 cm³/mol. The fourth-order valence-corrected chi connectivity index (χ4v) is 3.50. The van der Waals surface area contributed by atoms with Crippen LogP contribution in [0.1, 0.15) is 40.3 Å². The molecular formula is C24H25N5O6. The monoisotopic (exact) mass is 479 g/mol. The number of carbonyl (C=O) groups is 3. The Labute approximate surface area is 201 Å². The summed E-state index contributed by atoms with van der Waals surface area (Å²) in [7, 11) is 0. The summed E-state index contributed by atoms with van der Waals surface area (Å²) < 4.78 is 6.14. The van der Waals surface area contributed by atoms with E-state index in [0.29, 0.717) is 0 Å². The summed E-state index contributed by atoms with van der Waals surface area (Å²) in [4.78, 5) is 47.8. The van der Waals surface area contributed by atoms with E-state index in [9.17, 15) is 24.5 Å². The molecule has 3 aromatic rings. The van der Waals surface area contributed by atoms with Crippen molar-refractivity contribution in [2.24, 2.45) is 0 Å². The van der Waals surface area contributed by atoms with Gasteiger partial charge in [0.2, 0.25) is 0 Å². The Morgan fingerprint density at radius 1 is 1.09 bits per heavy atom. The van der Waals surface area contributed by atoms with Gasteiger partial charge < -0.3 is 15.4 Å². The summed E-state index contributed by atoms with van der Waals surface area (Å²) >= 11 is 0. The first-order valence-electron chi connectivity index (χ1n) is 10.8. The van der Waals surface area contributed by atoms with Crippen LogP contribution in [0.25, 0.3) is 0 Å². The Morgan fingerprint density at radius 2 is 1.74 bits per heavy atom. The number of amides is 2. The maximum atomic E-state index is 12.8. The van der Waals surface area contributed by atoms with E-state index < -0.39 is 23.4 Å². The van der Waals surface area contributed by atoms with E-state index in [0.717, 1.165) is 10.2 Å². The van der Waals surface area contributed by atoms with Crippen molar-refractivity contribution in [3.05, 3.63) is 87.2 Å². The van der Waals surface area contributed by atoms with Crippen molar-refractivity contribution >= 4 is 29.2 Å². The molecule has 1 atom stereocenters. The third-order valence-corrected chi connectivity index (χ3v) is 5.26. The fourth-order valence-electron chi connectivity index (χ4n) is 3.50. The molecule has 1 heterocycles. The van der Waals surface area contributed by atoms with Crippen molar-refractivity contribution in [1.82, 2.24) is 15.1 Å². The van der Waals surface area contributed by atoms with Crippen molar-refractivity contribution in [3.63, 3.8) is 0 Å². The zero-order valence-corrected chi connectivity index (χ0v) is 19.5. The molecule has 35 heavy (non-hydrogen) atoms. The second kappa shape index (κ2) is 11.1. The van der Waals surface area contributed by atoms with Crippen LogP contribution in [0.15, 0.2) is 54.6 Å². The number of ether oxygens (including phenoxy) is 1. The predicted octanol–water partition coefficient (Wildman–Crippen LogP) is 3.08. The molecule has 2 N–H and O–H groups in total. The van der Waals surface area contributed by atoms with Gasteiger partial charge in [-0.2, -0.15) is 5.10 Å². The van der Waals surface area contributed by atoms with Crippen molar-refractivity contribution in [2.45, 2.75) is 33.4 Å². The molecule has 0 fully saturated rings. The molecule has 2 aromatic carbocycles. The Morgan fingerprint density at radius 3 is 2.40 bits per heavy atom. The van der Waals surface area contributed by atoms with Gasteiger partial charge in [0, 0.05) is 0 Å². The summed E-state index contributed by atoms with van der Waals surface area (Å²) in [5, 5.41) is 20.5. The number of esters is 1. The molecule has 0 aliphatic carbocycles. The lowest BCUT2D eigenvalue weighted by atomic mass is 10.1. The molecule has 11 heteroatoms. The standard InChI is InChI=1S/C24H25N5O6/c1-15(18-9-5-4-6-10-18)25-24(32)19-11-7-8-12-20(19)26-21(30)14-35-22(31)13-28-17(3)23(29(33)34)16(2)27-28/h4-12,15H,13-14H2,1-3H3,(H,25,32)(H,26,30). The Kier molecular flexibility index (Phi) is 7.92. The molecule has 0 saturated carbocycles. The third-order valence-electron chi connectivity index (χ3n) is 5.26. The van der Waals surface area contributed by atoms with Crippen LogP contribution in [0.2, 0.25) is 0 Å². The summed E-state index contributed by atoms with van der Waals surface area (Å²) in [6.45, 7) is 3.80. The van der Waals surface area contributed by atoms with Crippen LogP contribution in [0.4, 0.5) is 11.4 Å². The highest BCUT2D eigenvalue weighted by Crippen LogP contribution is 2.22. The number of aryl methyl sites for hydroxylation is 1. The molecule has 0 spiro atoms. The lowest BCUT2D eigenvalue weighted by Crippen LogP contribution is -2.29. The SMILES string of the molecule is Cc1nn(CC(=O)OCC(=O)Nc2ccccc2C(=O)NC(C)c2ccccc2)c(C)c1[N+](=O)[O-]. The van der Waals surface area contributed by atoms with Gasteiger partial charge in [-0.25, -0.2) is 0 Å². The van der Waals surface area contributed by atoms with Gasteiger partial charge in [0.25, 0.3) is 11.8 Å². The highest BCUT2D eigenvalue weighted by atomic mass is 16.6. The van der Waals surface area contributed by atoms with E-state index >= 15 is 0 Å². The molecule has 0 saturated heterocycles. The Bertz CT molecular complexity index is 1250. The van der Waals surface area contributed by atoms with Crippen molar-refractivity contribution in [1.29, 1.82) is 0 Å².